The third kappa shape index (κ3) is 3.86. The van der Waals surface area contributed by atoms with Gasteiger partial charge >= 0.3 is 0 Å². The SMILES string of the molecule is Cn1ccnc1CCNCc1ccc(C(F)F)cc1. The number of benzene rings is 1. The van der Waals surface area contributed by atoms with Crippen LogP contribution in [-0.4, -0.2) is 16.1 Å². The number of aromatic nitrogens is 2. The number of hydrogen-bond donors (Lipinski definition) is 1. The molecule has 0 aliphatic carbocycles. The molecule has 0 aliphatic rings. The third-order valence-electron chi connectivity index (χ3n) is 3.01. The predicted molar refractivity (Wildman–Crippen MR) is 70.0 cm³/mol. The Hall–Kier alpha value is -1.75. The summed E-state index contributed by atoms with van der Waals surface area (Å²) in [7, 11) is 1.96. The molecule has 19 heavy (non-hydrogen) atoms. The van der Waals surface area contributed by atoms with Crippen molar-refractivity contribution in [2.24, 2.45) is 7.05 Å². The van der Waals surface area contributed by atoms with Crippen LogP contribution in [0.2, 0.25) is 0 Å². The molecule has 1 heterocycles. The lowest BCUT2D eigenvalue weighted by atomic mass is 10.1. The number of imidazole rings is 1. The molecule has 0 saturated carbocycles. The van der Waals surface area contributed by atoms with Crippen molar-refractivity contribution in [1.29, 1.82) is 0 Å². The van der Waals surface area contributed by atoms with Gasteiger partial charge in [0.25, 0.3) is 6.43 Å². The van der Waals surface area contributed by atoms with Gasteiger partial charge < -0.3 is 9.88 Å². The normalized spacial score (nSPS) is 11.2. The monoisotopic (exact) mass is 265 g/mol. The third-order valence-corrected chi connectivity index (χ3v) is 3.01. The molecule has 1 aromatic heterocycles. The highest BCUT2D eigenvalue weighted by atomic mass is 19.3. The summed E-state index contributed by atoms with van der Waals surface area (Å²) in [6.45, 7) is 1.48. The second kappa shape index (κ2) is 6.43. The highest BCUT2D eigenvalue weighted by Gasteiger charge is 2.05. The molecule has 0 radical (unpaired) electrons. The lowest BCUT2D eigenvalue weighted by Crippen LogP contribution is -2.18. The quantitative estimate of drug-likeness (QED) is 0.814. The molecule has 0 atom stereocenters. The summed E-state index contributed by atoms with van der Waals surface area (Å²) in [6, 6.07) is 6.41. The van der Waals surface area contributed by atoms with Crippen LogP contribution >= 0.6 is 0 Å². The molecule has 102 valence electrons. The molecule has 2 rings (SSSR count). The summed E-state index contributed by atoms with van der Waals surface area (Å²) in [5.74, 6) is 1.03. The molecule has 0 fully saturated rings. The van der Waals surface area contributed by atoms with Crippen molar-refractivity contribution < 1.29 is 8.78 Å². The minimum atomic E-state index is -2.40. The van der Waals surface area contributed by atoms with Crippen LogP contribution in [-0.2, 0) is 20.0 Å². The van der Waals surface area contributed by atoms with Gasteiger partial charge in [-0.3, -0.25) is 0 Å². The van der Waals surface area contributed by atoms with Crippen molar-refractivity contribution in [2.45, 2.75) is 19.4 Å². The zero-order valence-electron chi connectivity index (χ0n) is 10.8. The first-order valence-corrected chi connectivity index (χ1v) is 6.20. The maximum absolute atomic E-state index is 12.4. The van der Waals surface area contributed by atoms with Crippen LogP contribution in [0.5, 0.6) is 0 Å². The van der Waals surface area contributed by atoms with Crippen molar-refractivity contribution in [3.05, 3.63) is 53.6 Å². The molecular weight excluding hydrogens is 248 g/mol. The van der Waals surface area contributed by atoms with Crippen LogP contribution in [0.1, 0.15) is 23.4 Å². The van der Waals surface area contributed by atoms with Crippen LogP contribution < -0.4 is 5.32 Å². The minimum Gasteiger partial charge on any atom is -0.338 e. The van der Waals surface area contributed by atoms with Gasteiger partial charge in [-0.05, 0) is 5.56 Å². The predicted octanol–water partition coefficient (Wildman–Crippen LogP) is 2.69. The van der Waals surface area contributed by atoms with Crippen LogP contribution in [0.25, 0.3) is 0 Å². The zero-order valence-corrected chi connectivity index (χ0v) is 10.8. The Balaban J connectivity index is 1.75. The molecular formula is C14H17F2N3. The summed E-state index contributed by atoms with van der Waals surface area (Å²) in [5.41, 5.74) is 1.07. The van der Waals surface area contributed by atoms with E-state index in [1.54, 1.807) is 18.3 Å². The van der Waals surface area contributed by atoms with Crippen LogP contribution in [0.4, 0.5) is 8.78 Å². The molecule has 3 nitrogen and oxygen atoms in total. The molecule has 0 unspecified atom stereocenters. The molecule has 0 spiro atoms. The maximum atomic E-state index is 12.4. The van der Waals surface area contributed by atoms with Crippen molar-refractivity contribution >= 4 is 0 Å². The topological polar surface area (TPSA) is 29.9 Å². The second-order valence-corrected chi connectivity index (χ2v) is 4.42. The summed E-state index contributed by atoms with van der Waals surface area (Å²) in [4.78, 5) is 4.23. The van der Waals surface area contributed by atoms with Gasteiger partial charge in [-0.15, -0.1) is 0 Å². The fraction of sp³-hybridized carbons (Fsp3) is 0.357. The standard InChI is InChI=1S/C14H17F2N3/c1-19-9-8-18-13(19)6-7-17-10-11-2-4-12(5-3-11)14(15)16/h2-5,8-9,14,17H,6-7,10H2,1H3. The average molecular weight is 265 g/mol. The van der Waals surface area contributed by atoms with Gasteiger partial charge in [0.05, 0.1) is 0 Å². The lowest BCUT2D eigenvalue weighted by molar-refractivity contribution is 0.151. The van der Waals surface area contributed by atoms with Crippen LogP contribution in [0.3, 0.4) is 0 Å². The van der Waals surface area contributed by atoms with E-state index in [0.717, 1.165) is 24.4 Å². The number of hydrogen-bond acceptors (Lipinski definition) is 2. The lowest BCUT2D eigenvalue weighted by Gasteiger charge is -2.06. The number of halogens is 2. The smallest absolute Gasteiger partial charge is 0.263 e. The Morgan fingerprint density at radius 3 is 2.58 bits per heavy atom. The first-order chi connectivity index (χ1) is 9.16. The second-order valence-electron chi connectivity index (χ2n) is 4.42. The number of aryl methyl sites for hydroxylation is 1. The van der Waals surface area contributed by atoms with E-state index in [1.807, 2.05) is 17.8 Å². The largest absolute Gasteiger partial charge is 0.338 e. The van der Waals surface area contributed by atoms with Gasteiger partial charge in [-0.1, -0.05) is 24.3 Å². The van der Waals surface area contributed by atoms with Crippen molar-refractivity contribution in [3.63, 3.8) is 0 Å². The van der Waals surface area contributed by atoms with E-state index >= 15 is 0 Å². The highest BCUT2D eigenvalue weighted by molar-refractivity contribution is 5.23. The van der Waals surface area contributed by atoms with E-state index in [1.165, 1.54) is 12.1 Å². The minimum absolute atomic E-state index is 0.0664. The fourth-order valence-corrected chi connectivity index (χ4v) is 1.85. The van der Waals surface area contributed by atoms with Gasteiger partial charge in [0, 0.05) is 44.5 Å². The van der Waals surface area contributed by atoms with Crippen molar-refractivity contribution in [3.8, 4) is 0 Å². The molecule has 5 heteroatoms. The Morgan fingerprint density at radius 2 is 2.00 bits per heavy atom. The van der Waals surface area contributed by atoms with Gasteiger partial charge in [-0.2, -0.15) is 0 Å². The summed E-state index contributed by atoms with van der Waals surface area (Å²) in [5, 5.41) is 3.28. The Kier molecular flexibility index (Phi) is 4.63. The van der Waals surface area contributed by atoms with Gasteiger partial charge in [0.15, 0.2) is 0 Å². The number of alkyl halides is 2. The summed E-state index contributed by atoms with van der Waals surface area (Å²) >= 11 is 0. The van der Waals surface area contributed by atoms with Gasteiger partial charge in [0.2, 0.25) is 0 Å². The van der Waals surface area contributed by atoms with Gasteiger partial charge in [0.1, 0.15) is 5.82 Å². The number of rotatable bonds is 6. The molecule has 0 amide bonds. The molecule has 0 aliphatic heterocycles. The molecule has 1 N–H and O–H groups in total. The summed E-state index contributed by atoms with van der Waals surface area (Å²) < 4.78 is 26.7. The first-order valence-electron chi connectivity index (χ1n) is 6.20. The van der Waals surface area contributed by atoms with Crippen molar-refractivity contribution in [2.75, 3.05) is 6.54 Å². The molecule has 0 saturated heterocycles. The summed E-state index contributed by atoms with van der Waals surface area (Å²) in [6.07, 6.45) is 2.14. The van der Waals surface area contributed by atoms with E-state index < -0.39 is 6.43 Å². The Labute approximate surface area is 111 Å². The maximum Gasteiger partial charge on any atom is 0.263 e. The average Bonchev–Trinajstić information content (AvgIpc) is 2.81. The molecule has 2 aromatic rings. The molecule has 1 aromatic carbocycles. The highest BCUT2D eigenvalue weighted by Crippen LogP contribution is 2.18. The Bertz CT molecular complexity index is 506. The van der Waals surface area contributed by atoms with E-state index in [4.69, 9.17) is 0 Å². The van der Waals surface area contributed by atoms with E-state index in [9.17, 15) is 8.78 Å². The van der Waals surface area contributed by atoms with E-state index in [2.05, 4.69) is 10.3 Å². The number of nitrogens with zero attached hydrogens (tertiary/aromatic N) is 2. The van der Waals surface area contributed by atoms with Crippen LogP contribution in [0, 0.1) is 0 Å². The van der Waals surface area contributed by atoms with E-state index in [-0.39, 0.29) is 5.56 Å². The van der Waals surface area contributed by atoms with E-state index in [0.29, 0.717) is 6.54 Å². The van der Waals surface area contributed by atoms with Crippen LogP contribution in [0.15, 0.2) is 36.7 Å². The van der Waals surface area contributed by atoms with Crippen molar-refractivity contribution in [1.82, 2.24) is 14.9 Å². The Morgan fingerprint density at radius 1 is 1.26 bits per heavy atom. The zero-order chi connectivity index (χ0) is 13.7. The number of nitrogens with one attached hydrogen (secondary N) is 1. The van der Waals surface area contributed by atoms with Gasteiger partial charge in [-0.25, -0.2) is 13.8 Å². The first kappa shape index (κ1) is 13.7. The fourth-order valence-electron chi connectivity index (χ4n) is 1.85. The molecule has 0 bridgehead atoms.